The van der Waals surface area contributed by atoms with Crippen molar-refractivity contribution in [1.82, 2.24) is 22.8 Å². The lowest BCUT2D eigenvalue weighted by Crippen LogP contribution is -2.23. The van der Waals surface area contributed by atoms with E-state index >= 15 is 0 Å². The van der Waals surface area contributed by atoms with Crippen molar-refractivity contribution in [3.05, 3.63) is 227 Å². The van der Waals surface area contributed by atoms with Crippen LogP contribution in [0.1, 0.15) is 168 Å². The number of terminal acetylenes is 1. The number of benzene rings is 6. The second kappa shape index (κ2) is 24.0. The van der Waals surface area contributed by atoms with Crippen molar-refractivity contribution in [3.8, 4) is 29.5 Å². The first-order valence-corrected chi connectivity index (χ1v) is 29.1. The Hall–Kier alpha value is -8.19. The van der Waals surface area contributed by atoms with E-state index in [-0.39, 0.29) is 41.0 Å². The Balaban J connectivity index is 0.000000162. The summed E-state index contributed by atoms with van der Waals surface area (Å²) < 4.78 is 11.8. The summed E-state index contributed by atoms with van der Waals surface area (Å²) in [6.45, 7) is 42.0. The van der Waals surface area contributed by atoms with Gasteiger partial charge in [0.25, 0.3) is 0 Å². The number of para-hydroxylation sites is 2. The van der Waals surface area contributed by atoms with Gasteiger partial charge in [0.1, 0.15) is 0 Å². The molecule has 0 N–H and O–H groups in total. The van der Waals surface area contributed by atoms with E-state index in [1.807, 2.05) is 42.5 Å². The zero-order valence-corrected chi connectivity index (χ0v) is 52.6. The van der Waals surface area contributed by atoms with Gasteiger partial charge in [-0.3, -0.25) is 0 Å². The van der Waals surface area contributed by atoms with Gasteiger partial charge in [-0.2, -0.15) is 5.26 Å². The van der Waals surface area contributed by atoms with E-state index in [1.165, 1.54) is 72.4 Å². The van der Waals surface area contributed by atoms with Crippen LogP contribution >= 0.6 is 0 Å². The van der Waals surface area contributed by atoms with E-state index in [2.05, 4.69) is 300 Å². The zero-order chi connectivity index (χ0) is 59.9. The fraction of sp³-hybridized carbons (Fsp3) is 0.338. The van der Waals surface area contributed by atoms with Crippen molar-refractivity contribution in [2.24, 2.45) is 0 Å². The van der Waals surface area contributed by atoms with Crippen molar-refractivity contribution in [2.75, 3.05) is 0 Å². The zero-order valence-electron chi connectivity index (χ0n) is 52.6. The summed E-state index contributed by atoms with van der Waals surface area (Å²) in [4.78, 5) is 0. The molecule has 0 radical (unpaired) electrons. The van der Waals surface area contributed by atoms with Crippen LogP contribution in [-0.4, -0.2) is 22.8 Å². The minimum absolute atomic E-state index is 0. The number of hydrogen-bond donors (Lipinski definition) is 0. The second-order valence-electron chi connectivity index (χ2n) is 27.1. The quantitative estimate of drug-likeness (QED) is 0.151. The first kappa shape index (κ1) is 62.4. The molecule has 12 rings (SSSR count). The Labute approximate surface area is 498 Å². The maximum absolute atomic E-state index is 9.15. The van der Waals surface area contributed by atoms with Crippen LogP contribution in [0, 0.1) is 51.4 Å². The van der Waals surface area contributed by atoms with Crippen LogP contribution in [0.2, 0.25) is 0 Å². The van der Waals surface area contributed by atoms with E-state index < -0.39 is 0 Å². The van der Waals surface area contributed by atoms with Crippen LogP contribution in [0.15, 0.2) is 176 Å². The van der Waals surface area contributed by atoms with Crippen molar-refractivity contribution in [1.29, 1.82) is 5.26 Å². The summed E-state index contributed by atoms with van der Waals surface area (Å²) in [7, 11) is 0. The van der Waals surface area contributed by atoms with E-state index in [9.17, 15) is 0 Å². The lowest BCUT2D eigenvalue weighted by Gasteiger charge is -2.27. The molecular weight excluding hydrogens is 1010 g/mol. The Morgan fingerprint density at radius 1 is 0.373 bits per heavy atom. The molecule has 0 saturated carbocycles. The molecular formula is C77H92N6. The number of aryl methyl sites for hydroxylation is 4. The van der Waals surface area contributed by atoms with Gasteiger partial charge in [0.15, 0.2) is 0 Å². The standard InChI is InChI=1S/C29H25N.C19H16N2.2C10H17N.C8H13N.CH4/c1-29(2,3)30-26-18-9-8-13-21(26)24-16-10-17-25(28(24)30)27-22-14-6-4-11-19(22)20-12-5-7-15-23(20)27;1-5-13-6-8-17-15(10-13)16-11-14(12-20)7-9-18(16)21(17)19(2,3)4;2*1-8-6-7-9(2)11(8)10(3,4)5;1-8(2,3)9-6-4-5-7-9;/h4-18,27H,1-3H3;1,6-11H,2-4H3;2*6-7H,1-5H3;4-7H,1-3H3;1H4. The van der Waals surface area contributed by atoms with Gasteiger partial charge in [0, 0.05) is 112 Å². The number of fused-ring (bicyclic) bond motifs is 9. The van der Waals surface area contributed by atoms with Gasteiger partial charge in [0.2, 0.25) is 0 Å². The summed E-state index contributed by atoms with van der Waals surface area (Å²) >= 11 is 0. The van der Waals surface area contributed by atoms with Crippen LogP contribution in [0.3, 0.4) is 0 Å². The predicted molar refractivity (Wildman–Crippen MR) is 358 cm³/mol. The number of rotatable bonds is 1. The molecule has 5 heterocycles. The SMILES string of the molecule is C.C#Cc1ccc2c(c1)c1cc(C#N)ccc1n2C(C)(C)C.CC(C)(C)n1c2ccccc2c2cccc(C3c4ccccc4-c4ccccc43)c21.CC(C)(C)n1cccc1.Cc1ccc(C)n1C(C)(C)C.Cc1ccc(C)n1C(C)(C)C. The Bertz CT molecular complexity index is 3910. The van der Waals surface area contributed by atoms with Gasteiger partial charge < -0.3 is 22.8 Å². The van der Waals surface area contributed by atoms with Crippen LogP contribution in [-0.2, 0) is 27.7 Å². The molecule has 1 aliphatic carbocycles. The molecule has 1 aliphatic rings. The van der Waals surface area contributed by atoms with Crippen molar-refractivity contribution >= 4 is 43.6 Å². The van der Waals surface area contributed by atoms with Crippen LogP contribution < -0.4 is 0 Å². The maximum Gasteiger partial charge on any atom is 0.0991 e. The van der Waals surface area contributed by atoms with Crippen molar-refractivity contribution < 1.29 is 0 Å². The van der Waals surface area contributed by atoms with Gasteiger partial charge in [-0.05, 0) is 238 Å². The minimum Gasteiger partial charge on any atom is -0.349 e. The molecule has 0 amide bonds. The molecule has 6 heteroatoms. The van der Waals surface area contributed by atoms with Crippen LogP contribution in [0.25, 0.3) is 54.7 Å². The topological polar surface area (TPSA) is 48.4 Å². The summed E-state index contributed by atoms with van der Waals surface area (Å²) in [5.74, 6) is 2.94. The number of hydrogen-bond acceptors (Lipinski definition) is 1. The summed E-state index contributed by atoms with van der Waals surface area (Å²) in [6.07, 6.45) is 9.69. The number of aromatic nitrogens is 5. The number of nitriles is 1. The van der Waals surface area contributed by atoms with Gasteiger partial charge in [-0.25, -0.2) is 0 Å². The molecule has 83 heavy (non-hydrogen) atoms. The van der Waals surface area contributed by atoms with E-state index in [1.54, 1.807) is 0 Å². The average Bonchev–Trinajstić information content (AvgIpc) is 1.84. The smallest absolute Gasteiger partial charge is 0.0991 e. The van der Waals surface area contributed by atoms with Crippen molar-refractivity contribution in [3.63, 3.8) is 0 Å². The normalized spacial score (nSPS) is 12.3. The highest BCUT2D eigenvalue weighted by Gasteiger charge is 2.33. The maximum atomic E-state index is 9.15. The monoisotopic (exact) mass is 1100 g/mol. The highest BCUT2D eigenvalue weighted by molar-refractivity contribution is 6.10. The molecule has 5 aromatic heterocycles. The third-order valence-corrected chi connectivity index (χ3v) is 15.5. The summed E-state index contributed by atoms with van der Waals surface area (Å²) in [5, 5.41) is 14.0. The fourth-order valence-electron chi connectivity index (χ4n) is 12.6. The Kier molecular flexibility index (Phi) is 18.0. The van der Waals surface area contributed by atoms with Crippen molar-refractivity contribution in [2.45, 2.75) is 173 Å². The first-order valence-electron chi connectivity index (χ1n) is 29.1. The molecule has 0 aliphatic heterocycles. The molecule has 11 aromatic rings. The molecule has 6 nitrogen and oxygen atoms in total. The van der Waals surface area contributed by atoms with E-state index in [4.69, 9.17) is 11.7 Å². The molecule has 0 unspecified atom stereocenters. The Morgan fingerprint density at radius 3 is 1.17 bits per heavy atom. The summed E-state index contributed by atoms with van der Waals surface area (Å²) in [5.41, 5.74) is 19.4. The molecule has 0 atom stereocenters. The first-order chi connectivity index (χ1) is 38.5. The molecule has 0 fully saturated rings. The highest BCUT2D eigenvalue weighted by Crippen LogP contribution is 2.50. The average molecular weight is 1100 g/mol. The Morgan fingerprint density at radius 2 is 0.759 bits per heavy atom. The lowest BCUT2D eigenvalue weighted by molar-refractivity contribution is 0.383. The highest BCUT2D eigenvalue weighted by atomic mass is 15.1. The van der Waals surface area contributed by atoms with Gasteiger partial charge in [0.05, 0.1) is 17.1 Å². The molecule has 6 aromatic carbocycles. The molecule has 430 valence electrons. The van der Waals surface area contributed by atoms with Gasteiger partial charge >= 0.3 is 0 Å². The van der Waals surface area contributed by atoms with E-state index in [0.29, 0.717) is 5.56 Å². The van der Waals surface area contributed by atoms with Gasteiger partial charge in [-0.15, -0.1) is 6.42 Å². The molecule has 0 saturated heterocycles. The predicted octanol–water partition coefficient (Wildman–Crippen LogP) is 20.7. The fourth-order valence-corrected chi connectivity index (χ4v) is 12.6. The molecule has 0 bridgehead atoms. The third kappa shape index (κ3) is 12.9. The minimum atomic E-state index is -0.0498. The lowest BCUT2D eigenvalue weighted by atomic mass is 9.87. The van der Waals surface area contributed by atoms with Gasteiger partial charge in [-0.1, -0.05) is 98.3 Å². The largest absolute Gasteiger partial charge is 0.349 e. The third-order valence-electron chi connectivity index (χ3n) is 15.5. The van der Waals surface area contributed by atoms with Crippen LogP contribution in [0.4, 0.5) is 0 Å². The van der Waals surface area contributed by atoms with E-state index in [0.717, 1.165) is 27.4 Å². The van der Waals surface area contributed by atoms with Crippen LogP contribution in [0.5, 0.6) is 0 Å². The number of nitrogens with zero attached hydrogens (tertiary/aromatic N) is 6. The summed E-state index contributed by atoms with van der Waals surface area (Å²) in [6, 6.07) is 60.4. The molecule has 0 spiro atoms. The second-order valence-corrected chi connectivity index (χ2v) is 27.1.